The van der Waals surface area contributed by atoms with Gasteiger partial charge >= 0.3 is 6.09 Å². The largest absolute Gasteiger partial charge is 0.444 e. The molecule has 2 amide bonds. The highest BCUT2D eigenvalue weighted by atomic mass is 35.5. The lowest BCUT2D eigenvalue weighted by atomic mass is 9.92. The molecule has 2 aromatic rings. The van der Waals surface area contributed by atoms with E-state index >= 15 is 0 Å². The highest BCUT2D eigenvalue weighted by molar-refractivity contribution is 5.85. The molecule has 1 saturated heterocycles. The highest BCUT2D eigenvalue weighted by Crippen LogP contribution is 2.26. The van der Waals surface area contributed by atoms with Crippen molar-refractivity contribution in [2.45, 2.75) is 51.7 Å². The first-order valence-electron chi connectivity index (χ1n) is 10.9. The van der Waals surface area contributed by atoms with Gasteiger partial charge in [-0.15, -0.1) is 12.4 Å². The molecular formula is C25H31ClF2N2O3. The minimum absolute atomic E-state index is 0. The van der Waals surface area contributed by atoms with Gasteiger partial charge in [0, 0.05) is 19.5 Å². The first-order valence-corrected chi connectivity index (χ1v) is 10.9. The molecule has 2 aromatic carbocycles. The normalized spacial score (nSPS) is 14.5. The molecule has 1 heterocycles. The number of nitrogens with zero attached hydrogens (tertiary/aromatic N) is 1. The minimum atomic E-state index is -0.538. The average Bonchev–Trinajstić information content (AvgIpc) is 2.73. The van der Waals surface area contributed by atoms with Gasteiger partial charge in [0.2, 0.25) is 5.91 Å². The maximum absolute atomic E-state index is 13.4. The summed E-state index contributed by atoms with van der Waals surface area (Å²) in [7, 11) is 0. The zero-order chi connectivity index (χ0) is 23.3. The Hall–Kier alpha value is -2.67. The molecule has 0 spiro atoms. The fourth-order valence-electron chi connectivity index (χ4n) is 3.80. The summed E-state index contributed by atoms with van der Waals surface area (Å²) in [4.78, 5) is 26.7. The monoisotopic (exact) mass is 480 g/mol. The second-order valence-electron chi connectivity index (χ2n) is 9.22. The number of rotatable bonds is 5. The van der Waals surface area contributed by atoms with E-state index < -0.39 is 11.6 Å². The van der Waals surface area contributed by atoms with Gasteiger partial charge in [-0.1, -0.05) is 24.3 Å². The number of likely N-dealkylation sites (tertiary alicyclic amines) is 1. The molecule has 1 fully saturated rings. The van der Waals surface area contributed by atoms with E-state index in [1.165, 1.54) is 24.3 Å². The van der Waals surface area contributed by atoms with E-state index in [1.54, 1.807) is 29.2 Å². The number of piperidine rings is 1. The molecule has 0 aromatic heterocycles. The molecule has 0 radical (unpaired) electrons. The van der Waals surface area contributed by atoms with Crippen molar-refractivity contribution in [3.8, 4) is 0 Å². The van der Waals surface area contributed by atoms with Crippen molar-refractivity contribution < 1.29 is 23.1 Å². The summed E-state index contributed by atoms with van der Waals surface area (Å²) >= 11 is 0. The van der Waals surface area contributed by atoms with Gasteiger partial charge in [0.1, 0.15) is 17.2 Å². The summed E-state index contributed by atoms with van der Waals surface area (Å²) in [5.41, 5.74) is 0.890. The van der Waals surface area contributed by atoms with Crippen LogP contribution in [0.2, 0.25) is 0 Å². The standard InChI is InChI=1S/C25H30F2N2O3.ClH/c1-25(2,3)32-24(31)29-14-12-17(13-15-29)16-22(30)28-23(18-4-8-20(26)9-5-18)19-6-10-21(27)11-7-19;/h4-11,17,23H,12-16H2,1-3H3,(H,28,30);1H. The van der Waals surface area contributed by atoms with E-state index in [2.05, 4.69) is 5.32 Å². The Bertz CT molecular complexity index is 877. The second-order valence-corrected chi connectivity index (χ2v) is 9.22. The van der Waals surface area contributed by atoms with E-state index in [0.717, 1.165) is 0 Å². The lowest BCUT2D eigenvalue weighted by Gasteiger charge is -2.33. The average molecular weight is 481 g/mol. The molecular weight excluding hydrogens is 450 g/mol. The molecule has 180 valence electrons. The maximum atomic E-state index is 13.4. The Morgan fingerprint density at radius 3 is 1.85 bits per heavy atom. The summed E-state index contributed by atoms with van der Waals surface area (Å²) in [6, 6.07) is 11.3. The van der Waals surface area contributed by atoms with Gasteiger partial charge in [0.05, 0.1) is 6.04 Å². The molecule has 1 N–H and O–H groups in total. The van der Waals surface area contributed by atoms with Crippen molar-refractivity contribution in [3.05, 3.63) is 71.3 Å². The molecule has 0 saturated carbocycles. The number of carbonyl (C=O) groups excluding carboxylic acids is 2. The van der Waals surface area contributed by atoms with Crippen LogP contribution in [0, 0.1) is 17.6 Å². The molecule has 0 aliphatic carbocycles. The molecule has 0 bridgehead atoms. The van der Waals surface area contributed by atoms with E-state index in [-0.39, 0.29) is 42.0 Å². The van der Waals surface area contributed by atoms with Crippen LogP contribution in [0.1, 0.15) is 57.2 Å². The van der Waals surface area contributed by atoms with Crippen LogP contribution in [0.3, 0.4) is 0 Å². The van der Waals surface area contributed by atoms with Crippen LogP contribution in [-0.2, 0) is 9.53 Å². The van der Waals surface area contributed by atoms with Crippen LogP contribution in [0.5, 0.6) is 0 Å². The Morgan fingerprint density at radius 1 is 0.970 bits per heavy atom. The molecule has 5 nitrogen and oxygen atoms in total. The number of carbonyl (C=O) groups is 2. The van der Waals surface area contributed by atoms with Gasteiger partial charge in [0.15, 0.2) is 0 Å². The Kier molecular flexibility index (Phi) is 9.23. The first-order chi connectivity index (χ1) is 15.1. The summed E-state index contributed by atoms with van der Waals surface area (Å²) < 4.78 is 32.2. The fourth-order valence-corrected chi connectivity index (χ4v) is 3.80. The summed E-state index contributed by atoms with van der Waals surface area (Å²) in [6.07, 6.45) is 1.42. The lowest BCUT2D eigenvalue weighted by molar-refractivity contribution is -0.122. The minimum Gasteiger partial charge on any atom is -0.444 e. The quantitative estimate of drug-likeness (QED) is 0.603. The second kappa shape index (κ2) is 11.5. The summed E-state index contributed by atoms with van der Waals surface area (Å²) in [6.45, 7) is 6.60. The van der Waals surface area contributed by atoms with Crippen LogP contribution in [0.4, 0.5) is 13.6 Å². The number of nitrogens with one attached hydrogen (secondary N) is 1. The Morgan fingerprint density at radius 2 is 1.42 bits per heavy atom. The topological polar surface area (TPSA) is 58.6 Å². The highest BCUT2D eigenvalue weighted by Gasteiger charge is 2.28. The third kappa shape index (κ3) is 8.00. The van der Waals surface area contributed by atoms with Gasteiger partial charge in [-0.05, 0) is 74.9 Å². The predicted molar refractivity (Wildman–Crippen MR) is 125 cm³/mol. The zero-order valence-electron chi connectivity index (χ0n) is 19.1. The van der Waals surface area contributed by atoms with E-state index in [0.29, 0.717) is 43.5 Å². The van der Waals surface area contributed by atoms with Crippen LogP contribution < -0.4 is 5.32 Å². The summed E-state index contributed by atoms with van der Waals surface area (Å²) in [5.74, 6) is -0.723. The fraction of sp³-hybridized carbons (Fsp3) is 0.440. The molecule has 0 unspecified atom stereocenters. The van der Waals surface area contributed by atoms with Crippen molar-refractivity contribution in [1.82, 2.24) is 10.2 Å². The Labute approximate surface area is 199 Å². The number of hydrogen-bond donors (Lipinski definition) is 1. The lowest BCUT2D eigenvalue weighted by Crippen LogP contribution is -2.42. The number of benzene rings is 2. The van der Waals surface area contributed by atoms with Crippen LogP contribution in [0.15, 0.2) is 48.5 Å². The van der Waals surface area contributed by atoms with Gasteiger partial charge in [0.25, 0.3) is 0 Å². The van der Waals surface area contributed by atoms with Gasteiger partial charge < -0.3 is 15.0 Å². The number of halogens is 3. The maximum Gasteiger partial charge on any atom is 0.410 e. The molecule has 3 rings (SSSR count). The van der Waals surface area contributed by atoms with E-state index in [9.17, 15) is 18.4 Å². The first kappa shape index (κ1) is 26.6. The van der Waals surface area contributed by atoms with Crippen LogP contribution >= 0.6 is 12.4 Å². The SMILES string of the molecule is CC(C)(C)OC(=O)N1CCC(CC(=O)NC(c2ccc(F)cc2)c2ccc(F)cc2)CC1.Cl. The zero-order valence-corrected chi connectivity index (χ0v) is 20.0. The molecule has 1 aliphatic rings. The van der Waals surface area contributed by atoms with E-state index in [1.807, 2.05) is 20.8 Å². The molecule has 0 atom stereocenters. The van der Waals surface area contributed by atoms with Gasteiger partial charge in [-0.2, -0.15) is 0 Å². The number of ether oxygens (including phenoxy) is 1. The van der Waals surface area contributed by atoms with Gasteiger partial charge in [-0.3, -0.25) is 4.79 Å². The van der Waals surface area contributed by atoms with E-state index in [4.69, 9.17) is 4.74 Å². The molecule has 1 aliphatic heterocycles. The third-order valence-corrected chi connectivity index (χ3v) is 5.45. The van der Waals surface area contributed by atoms with Crippen LogP contribution in [0.25, 0.3) is 0 Å². The molecule has 8 heteroatoms. The van der Waals surface area contributed by atoms with Gasteiger partial charge in [-0.25, -0.2) is 13.6 Å². The van der Waals surface area contributed by atoms with Crippen molar-refractivity contribution >= 4 is 24.4 Å². The summed E-state index contributed by atoms with van der Waals surface area (Å²) in [5, 5.41) is 3.01. The van der Waals surface area contributed by atoms with Crippen LogP contribution in [-0.4, -0.2) is 35.6 Å². The van der Waals surface area contributed by atoms with Crippen molar-refractivity contribution in [2.24, 2.45) is 5.92 Å². The third-order valence-electron chi connectivity index (χ3n) is 5.45. The Balaban J connectivity index is 0.00000385. The smallest absolute Gasteiger partial charge is 0.410 e. The van der Waals surface area contributed by atoms with Crippen molar-refractivity contribution in [1.29, 1.82) is 0 Å². The predicted octanol–water partition coefficient (Wildman–Crippen LogP) is 5.63. The number of amides is 2. The van der Waals surface area contributed by atoms with Crippen molar-refractivity contribution in [3.63, 3.8) is 0 Å². The number of hydrogen-bond acceptors (Lipinski definition) is 3. The molecule has 33 heavy (non-hydrogen) atoms. The van der Waals surface area contributed by atoms with Crippen molar-refractivity contribution in [2.75, 3.05) is 13.1 Å².